The van der Waals surface area contributed by atoms with E-state index in [2.05, 4.69) is 10.2 Å². The highest BCUT2D eigenvalue weighted by atomic mass is 19.4. The molecule has 24 heavy (non-hydrogen) atoms. The van der Waals surface area contributed by atoms with Crippen molar-refractivity contribution in [3.8, 4) is 0 Å². The van der Waals surface area contributed by atoms with Gasteiger partial charge in [-0.3, -0.25) is 0 Å². The maximum Gasteiger partial charge on any atom is 0.401 e. The number of piperidine rings is 1. The van der Waals surface area contributed by atoms with Gasteiger partial charge in [0.05, 0.1) is 6.54 Å². The van der Waals surface area contributed by atoms with Crippen molar-refractivity contribution in [1.29, 1.82) is 0 Å². The third kappa shape index (κ3) is 4.48. The van der Waals surface area contributed by atoms with Crippen LogP contribution < -0.4 is 5.32 Å². The third-order valence-corrected chi connectivity index (χ3v) is 4.64. The largest absolute Gasteiger partial charge is 0.401 e. The van der Waals surface area contributed by atoms with E-state index in [1.165, 1.54) is 6.42 Å². The zero-order valence-corrected chi connectivity index (χ0v) is 13.6. The van der Waals surface area contributed by atoms with E-state index in [-0.39, 0.29) is 6.04 Å². The van der Waals surface area contributed by atoms with Crippen LogP contribution in [0.15, 0.2) is 42.5 Å². The van der Waals surface area contributed by atoms with Crippen molar-refractivity contribution in [2.45, 2.75) is 31.5 Å². The molecule has 1 aliphatic rings. The Kier molecular flexibility index (Phi) is 5.41. The standard InChI is InChI=1S/C19H23F3N2/c20-19(21,22)14-23-18(13-24-11-4-1-5-12-24)17-10-6-8-15-7-2-3-9-16(15)17/h2-3,6-10,18,23H,1,4-5,11-14H2/t18-/m0/s1. The Labute approximate surface area is 140 Å². The Bertz CT molecular complexity index is 658. The molecule has 1 fully saturated rings. The lowest BCUT2D eigenvalue weighted by Gasteiger charge is -2.32. The van der Waals surface area contributed by atoms with Gasteiger partial charge in [0.2, 0.25) is 0 Å². The number of rotatable bonds is 5. The summed E-state index contributed by atoms with van der Waals surface area (Å²) >= 11 is 0. The summed E-state index contributed by atoms with van der Waals surface area (Å²) in [5, 5.41) is 4.84. The molecule has 3 rings (SSSR count). The summed E-state index contributed by atoms with van der Waals surface area (Å²) in [6, 6.07) is 13.4. The number of alkyl halides is 3. The molecule has 0 spiro atoms. The van der Waals surface area contributed by atoms with E-state index in [0.717, 1.165) is 42.3 Å². The lowest BCUT2D eigenvalue weighted by molar-refractivity contribution is -0.126. The minimum Gasteiger partial charge on any atom is -0.301 e. The second kappa shape index (κ2) is 7.53. The number of fused-ring (bicyclic) bond motifs is 1. The predicted octanol–water partition coefficient (Wildman–Crippen LogP) is 4.52. The summed E-state index contributed by atoms with van der Waals surface area (Å²) in [6.07, 6.45) is -0.737. The zero-order valence-electron chi connectivity index (χ0n) is 13.6. The van der Waals surface area contributed by atoms with Crippen LogP contribution in [0.2, 0.25) is 0 Å². The van der Waals surface area contributed by atoms with E-state index < -0.39 is 12.7 Å². The van der Waals surface area contributed by atoms with Gasteiger partial charge in [-0.05, 0) is 42.3 Å². The first kappa shape index (κ1) is 17.2. The van der Waals surface area contributed by atoms with Gasteiger partial charge in [-0.15, -0.1) is 0 Å². The maximum atomic E-state index is 12.7. The lowest BCUT2D eigenvalue weighted by atomic mass is 9.97. The van der Waals surface area contributed by atoms with Crippen molar-refractivity contribution in [2.75, 3.05) is 26.2 Å². The number of hydrogen-bond donors (Lipinski definition) is 1. The zero-order chi connectivity index (χ0) is 17.0. The first-order valence-electron chi connectivity index (χ1n) is 8.53. The van der Waals surface area contributed by atoms with Crippen LogP contribution in [0.25, 0.3) is 10.8 Å². The number of nitrogens with zero attached hydrogens (tertiary/aromatic N) is 1. The molecule has 0 aromatic heterocycles. The van der Waals surface area contributed by atoms with E-state index in [4.69, 9.17) is 0 Å². The van der Waals surface area contributed by atoms with Crippen molar-refractivity contribution in [2.24, 2.45) is 0 Å². The van der Waals surface area contributed by atoms with Crippen LogP contribution in [0, 0.1) is 0 Å². The maximum absolute atomic E-state index is 12.7. The fraction of sp³-hybridized carbons (Fsp3) is 0.474. The van der Waals surface area contributed by atoms with E-state index in [1.54, 1.807) is 0 Å². The lowest BCUT2D eigenvalue weighted by Crippen LogP contribution is -2.41. The molecule has 0 bridgehead atoms. The minimum atomic E-state index is -4.20. The summed E-state index contributed by atoms with van der Waals surface area (Å²) in [4.78, 5) is 2.28. The van der Waals surface area contributed by atoms with E-state index in [9.17, 15) is 13.2 Å². The number of nitrogens with one attached hydrogen (secondary N) is 1. The summed E-state index contributed by atoms with van der Waals surface area (Å²) < 4.78 is 38.2. The van der Waals surface area contributed by atoms with Gasteiger partial charge in [-0.2, -0.15) is 13.2 Å². The summed E-state index contributed by atoms with van der Waals surface area (Å²) in [5.74, 6) is 0. The van der Waals surface area contributed by atoms with Crippen molar-refractivity contribution >= 4 is 10.8 Å². The van der Waals surface area contributed by atoms with Gasteiger partial charge in [0.25, 0.3) is 0 Å². The van der Waals surface area contributed by atoms with Crippen LogP contribution in [0.1, 0.15) is 30.9 Å². The van der Waals surface area contributed by atoms with Gasteiger partial charge >= 0.3 is 6.18 Å². The monoisotopic (exact) mass is 336 g/mol. The summed E-state index contributed by atoms with van der Waals surface area (Å²) in [7, 11) is 0. The van der Waals surface area contributed by atoms with Gasteiger partial charge in [0.15, 0.2) is 0 Å². The highest BCUT2D eigenvalue weighted by molar-refractivity contribution is 5.86. The number of benzene rings is 2. The van der Waals surface area contributed by atoms with Gasteiger partial charge in [-0.1, -0.05) is 48.9 Å². The average Bonchev–Trinajstić information content (AvgIpc) is 2.58. The molecule has 0 aliphatic carbocycles. The topological polar surface area (TPSA) is 15.3 Å². The molecule has 1 N–H and O–H groups in total. The van der Waals surface area contributed by atoms with Crippen molar-refractivity contribution in [1.82, 2.24) is 10.2 Å². The minimum absolute atomic E-state index is 0.323. The SMILES string of the molecule is FC(F)(F)CN[C@@H](CN1CCCCC1)c1cccc2ccccc12. The fourth-order valence-electron chi connectivity index (χ4n) is 3.47. The Morgan fingerprint density at radius 2 is 1.67 bits per heavy atom. The van der Waals surface area contributed by atoms with E-state index in [1.807, 2.05) is 42.5 Å². The molecule has 0 amide bonds. The fourth-order valence-corrected chi connectivity index (χ4v) is 3.47. The van der Waals surface area contributed by atoms with Gasteiger partial charge in [0, 0.05) is 12.6 Å². The molecule has 1 aliphatic heterocycles. The van der Waals surface area contributed by atoms with Crippen LogP contribution in [0.4, 0.5) is 13.2 Å². The molecular weight excluding hydrogens is 313 g/mol. The second-order valence-corrected chi connectivity index (χ2v) is 6.48. The van der Waals surface area contributed by atoms with Crippen LogP contribution >= 0.6 is 0 Å². The highest BCUT2D eigenvalue weighted by Gasteiger charge is 2.29. The molecule has 2 aromatic carbocycles. The van der Waals surface area contributed by atoms with Crippen LogP contribution in [0.5, 0.6) is 0 Å². The number of likely N-dealkylation sites (tertiary alicyclic amines) is 1. The first-order valence-corrected chi connectivity index (χ1v) is 8.53. The Morgan fingerprint density at radius 1 is 0.958 bits per heavy atom. The Balaban J connectivity index is 1.86. The predicted molar refractivity (Wildman–Crippen MR) is 91.0 cm³/mol. The van der Waals surface area contributed by atoms with Crippen LogP contribution in [-0.4, -0.2) is 37.3 Å². The highest BCUT2D eigenvalue weighted by Crippen LogP contribution is 2.27. The quantitative estimate of drug-likeness (QED) is 0.864. The molecule has 5 heteroatoms. The average molecular weight is 336 g/mol. The van der Waals surface area contributed by atoms with Crippen molar-refractivity contribution in [3.63, 3.8) is 0 Å². The number of halogens is 3. The summed E-state index contributed by atoms with van der Waals surface area (Å²) in [5.41, 5.74) is 0.947. The van der Waals surface area contributed by atoms with Crippen LogP contribution in [0.3, 0.4) is 0 Å². The van der Waals surface area contributed by atoms with Crippen LogP contribution in [-0.2, 0) is 0 Å². The van der Waals surface area contributed by atoms with Gasteiger partial charge < -0.3 is 10.2 Å². The van der Waals surface area contributed by atoms with Crippen molar-refractivity contribution < 1.29 is 13.2 Å². The molecule has 1 atom stereocenters. The first-order chi connectivity index (χ1) is 11.5. The Morgan fingerprint density at radius 3 is 2.42 bits per heavy atom. The molecule has 0 unspecified atom stereocenters. The molecule has 130 valence electrons. The molecular formula is C19H23F3N2. The van der Waals surface area contributed by atoms with Gasteiger partial charge in [-0.25, -0.2) is 0 Å². The molecule has 0 saturated carbocycles. The summed E-state index contributed by atoms with van der Waals surface area (Å²) in [6.45, 7) is 1.59. The van der Waals surface area contributed by atoms with Gasteiger partial charge in [0.1, 0.15) is 0 Å². The molecule has 2 aromatic rings. The second-order valence-electron chi connectivity index (χ2n) is 6.48. The molecule has 2 nitrogen and oxygen atoms in total. The van der Waals surface area contributed by atoms with Crippen molar-refractivity contribution in [3.05, 3.63) is 48.0 Å². The molecule has 0 radical (unpaired) electrons. The molecule has 1 heterocycles. The molecule has 1 saturated heterocycles. The van der Waals surface area contributed by atoms with E-state index >= 15 is 0 Å². The smallest absolute Gasteiger partial charge is 0.301 e. The van der Waals surface area contributed by atoms with E-state index in [0.29, 0.717) is 6.54 Å². The third-order valence-electron chi connectivity index (χ3n) is 4.64. The Hall–Kier alpha value is -1.59. The normalized spacial score (nSPS) is 18.0. The number of hydrogen-bond acceptors (Lipinski definition) is 2.